The Bertz CT molecular complexity index is 609. The fourth-order valence-electron chi connectivity index (χ4n) is 2.88. The summed E-state index contributed by atoms with van der Waals surface area (Å²) < 4.78 is 0. The first-order valence-electron chi connectivity index (χ1n) is 7.05. The number of thiophene rings is 1. The van der Waals surface area contributed by atoms with Crippen molar-refractivity contribution in [1.82, 2.24) is 9.88 Å². The Labute approximate surface area is 132 Å². The first-order valence-corrected chi connectivity index (χ1v) is 8.75. The summed E-state index contributed by atoms with van der Waals surface area (Å²) in [5.74, 6) is -0.474. The number of piperidine rings is 1. The van der Waals surface area contributed by atoms with Gasteiger partial charge in [0.1, 0.15) is 5.01 Å². The van der Waals surface area contributed by atoms with Gasteiger partial charge in [0.2, 0.25) is 0 Å². The maximum atomic E-state index is 11.2. The molecule has 112 valence electrons. The Kier molecular flexibility index (Phi) is 4.37. The number of hydrogen-bond acceptors (Lipinski definition) is 5. The Balaban J connectivity index is 1.67. The van der Waals surface area contributed by atoms with Crippen molar-refractivity contribution >= 4 is 28.6 Å². The average molecular weight is 322 g/mol. The number of rotatable bonds is 4. The lowest BCUT2D eigenvalue weighted by Gasteiger charge is -2.34. The lowest BCUT2D eigenvalue weighted by molar-refractivity contribution is -0.144. The predicted octanol–water partition coefficient (Wildman–Crippen LogP) is 3.41. The lowest BCUT2D eigenvalue weighted by Crippen LogP contribution is -2.41. The summed E-state index contributed by atoms with van der Waals surface area (Å²) in [6.45, 7) is 4.55. The minimum atomic E-state index is -0.671. The minimum absolute atomic E-state index is 0.238. The lowest BCUT2D eigenvalue weighted by atomic mass is 9.90. The second kappa shape index (κ2) is 6.25. The summed E-state index contributed by atoms with van der Waals surface area (Å²) in [6.07, 6.45) is 2.71. The molecular weight excluding hydrogens is 304 g/mol. The first-order chi connectivity index (χ1) is 10.1. The van der Waals surface area contributed by atoms with Gasteiger partial charge in [-0.25, -0.2) is 4.98 Å². The number of aliphatic carboxylic acids is 1. The number of hydrogen-bond donors (Lipinski definition) is 1. The van der Waals surface area contributed by atoms with Crippen LogP contribution in [-0.2, 0) is 11.3 Å². The smallest absolute Gasteiger partial charge is 0.307 e. The molecule has 3 heterocycles. The summed E-state index contributed by atoms with van der Waals surface area (Å²) in [4.78, 5) is 20.4. The molecule has 0 bridgehead atoms. The molecule has 2 aromatic heterocycles. The summed E-state index contributed by atoms with van der Waals surface area (Å²) >= 11 is 3.40. The van der Waals surface area contributed by atoms with E-state index in [1.807, 2.05) is 12.3 Å². The van der Waals surface area contributed by atoms with E-state index in [0.29, 0.717) is 12.5 Å². The highest BCUT2D eigenvalue weighted by Crippen LogP contribution is 2.30. The fourth-order valence-corrected chi connectivity index (χ4v) is 4.64. The monoisotopic (exact) mass is 322 g/mol. The fraction of sp³-hybridized carbons (Fsp3) is 0.467. The highest BCUT2D eigenvalue weighted by molar-refractivity contribution is 7.20. The van der Waals surface area contributed by atoms with Gasteiger partial charge in [-0.15, -0.1) is 22.7 Å². The topological polar surface area (TPSA) is 53.4 Å². The van der Waals surface area contributed by atoms with E-state index in [2.05, 4.69) is 28.3 Å². The van der Waals surface area contributed by atoms with Crippen LogP contribution in [0.1, 0.15) is 18.2 Å². The molecule has 1 saturated heterocycles. The van der Waals surface area contributed by atoms with Gasteiger partial charge in [0.25, 0.3) is 0 Å². The molecule has 0 aliphatic carbocycles. The van der Waals surface area contributed by atoms with Crippen LogP contribution in [0.25, 0.3) is 9.88 Å². The molecule has 4 nitrogen and oxygen atoms in total. The van der Waals surface area contributed by atoms with Crippen molar-refractivity contribution in [3.63, 3.8) is 0 Å². The van der Waals surface area contributed by atoms with Crippen LogP contribution in [0.5, 0.6) is 0 Å². The van der Waals surface area contributed by atoms with Crippen molar-refractivity contribution in [2.24, 2.45) is 11.8 Å². The van der Waals surface area contributed by atoms with Gasteiger partial charge in [0.15, 0.2) is 0 Å². The predicted molar refractivity (Wildman–Crippen MR) is 85.6 cm³/mol. The molecule has 2 aromatic rings. The quantitative estimate of drug-likeness (QED) is 0.937. The van der Waals surface area contributed by atoms with Crippen molar-refractivity contribution in [2.75, 3.05) is 13.1 Å². The summed E-state index contributed by atoms with van der Waals surface area (Å²) in [6, 6.07) is 4.11. The molecule has 0 radical (unpaired) electrons. The van der Waals surface area contributed by atoms with Crippen LogP contribution in [0.2, 0.25) is 0 Å². The third-order valence-electron chi connectivity index (χ3n) is 3.75. The van der Waals surface area contributed by atoms with Gasteiger partial charge in [-0.1, -0.05) is 13.0 Å². The van der Waals surface area contributed by atoms with E-state index in [1.165, 1.54) is 9.75 Å². The minimum Gasteiger partial charge on any atom is -0.481 e. The SMILES string of the molecule is CC1CC(C(=O)O)CN(Cc2cnc(-c3cccs3)s2)C1. The van der Waals surface area contributed by atoms with Crippen LogP contribution in [0.4, 0.5) is 0 Å². The van der Waals surface area contributed by atoms with E-state index >= 15 is 0 Å². The van der Waals surface area contributed by atoms with Crippen molar-refractivity contribution in [2.45, 2.75) is 19.9 Å². The second-order valence-corrected chi connectivity index (χ2v) is 7.74. The second-order valence-electron chi connectivity index (χ2n) is 5.68. The van der Waals surface area contributed by atoms with Crippen molar-refractivity contribution in [3.8, 4) is 9.88 Å². The zero-order valence-corrected chi connectivity index (χ0v) is 13.5. The number of likely N-dealkylation sites (tertiary alicyclic amines) is 1. The van der Waals surface area contributed by atoms with E-state index in [1.54, 1.807) is 22.7 Å². The van der Waals surface area contributed by atoms with Crippen LogP contribution in [0.3, 0.4) is 0 Å². The Morgan fingerprint density at radius 2 is 2.38 bits per heavy atom. The van der Waals surface area contributed by atoms with E-state index in [0.717, 1.165) is 24.5 Å². The molecule has 2 unspecified atom stereocenters. The maximum Gasteiger partial charge on any atom is 0.307 e. The molecule has 1 N–H and O–H groups in total. The molecule has 2 atom stereocenters. The highest BCUT2D eigenvalue weighted by atomic mass is 32.1. The van der Waals surface area contributed by atoms with Crippen LogP contribution in [0, 0.1) is 11.8 Å². The average Bonchev–Trinajstić information content (AvgIpc) is 3.08. The molecule has 21 heavy (non-hydrogen) atoms. The van der Waals surface area contributed by atoms with E-state index < -0.39 is 5.97 Å². The van der Waals surface area contributed by atoms with E-state index in [9.17, 15) is 9.90 Å². The van der Waals surface area contributed by atoms with Crippen LogP contribution < -0.4 is 0 Å². The van der Waals surface area contributed by atoms with Crippen LogP contribution in [-0.4, -0.2) is 34.0 Å². The molecule has 1 aliphatic heterocycles. The molecule has 0 aromatic carbocycles. The van der Waals surface area contributed by atoms with Crippen molar-refractivity contribution in [1.29, 1.82) is 0 Å². The number of thiazole rings is 1. The van der Waals surface area contributed by atoms with Crippen LogP contribution in [0.15, 0.2) is 23.7 Å². The standard InChI is InChI=1S/C15H18N2O2S2/c1-10-5-11(15(18)19)8-17(7-10)9-12-6-16-14(21-12)13-3-2-4-20-13/h2-4,6,10-11H,5,7-9H2,1H3,(H,18,19). The highest BCUT2D eigenvalue weighted by Gasteiger charge is 2.29. The van der Waals surface area contributed by atoms with Crippen molar-refractivity contribution in [3.05, 3.63) is 28.6 Å². The molecule has 1 fully saturated rings. The molecular formula is C15H18N2O2S2. The Morgan fingerprint density at radius 1 is 1.52 bits per heavy atom. The Morgan fingerprint density at radius 3 is 3.10 bits per heavy atom. The van der Waals surface area contributed by atoms with Gasteiger partial charge in [-0.3, -0.25) is 9.69 Å². The molecule has 3 rings (SSSR count). The Hall–Kier alpha value is -1.24. The number of aromatic nitrogens is 1. The summed E-state index contributed by atoms with van der Waals surface area (Å²) in [5.41, 5.74) is 0. The van der Waals surface area contributed by atoms with Gasteiger partial charge in [0, 0.05) is 30.7 Å². The van der Waals surface area contributed by atoms with Gasteiger partial charge in [0.05, 0.1) is 10.8 Å². The first kappa shape index (κ1) is 14.7. The largest absolute Gasteiger partial charge is 0.481 e. The van der Waals surface area contributed by atoms with Gasteiger partial charge in [-0.2, -0.15) is 0 Å². The van der Waals surface area contributed by atoms with E-state index in [-0.39, 0.29) is 5.92 Å². The van der Waals surface area contributed by atoms with Gasteiger partial charge >= 0.3 is 5.97 Å². The third-order valence-corrected chi connectivity index (χ3v) is 5.77. The summed E-state index contributed by atoms with van der Waals surface area (Å²) in [5, 5.41) is 12.3. The maximum absolute atomic E-state index is 11.2. The normalized spacial score (nSPS) is 23.3. The zero-order chi connectivity index (χ0) is 14.8. The van der Waals surface area contributed by atoms with Gasteiger partial charge in [-0.05, 0) is 23.8 Å². The van der Waals surface area contributed by atoms with E-state index in [4.69, 9.17) is 0 Å². The number of nitrogens with zero attached hydrogens (tertiary/aromatic N) is 2. The van der Waals surface area contributed by atoms with Gasteiger partial charge < -0.3 is 5.11 Å². The van der Waals surface area contributed by atoms with Crippen LogP contribution >= 0.6 is 22.7 Å². The number of carboxylic acid groups (broad SMARTS) is 1. The van der Waals surface area contributed by atoms with Crippen molar-refractivity contribution < 1.29 is 9.90 Å². The number of carbonyl (C=O) groups is 1. The molecule has 0 amide bonds. The molecule has 6 heteroatoms. The summed E-state index contributed by atoms with van der Waals surface area (Å²) in [7, 11) is 0. The number of carboxylic acids is 1. The third kappa shape index (κ3) is 3.51. The molecule has 0 spiro atoms. The molecule has 0 saturated carbocycles. The zero-order valence-electron chi connectivity index (χ0n) is 11.9. The molecule has 1 aliphatic rings.